The topological polar surface area (TPSA) is 111 Å². The van der Waals surface area contributed by atoms with Gasteiger partial charge in [0.2, 0.25) is 17.8 Å². The molecule has 1 aliphatic heterocycles. The van der Waals surface area contributed by atoms with E-state index in [2.05, 4.69) is 15.0 Å². The zero-order valence-corrected chi connectivity index (χ0v) is 13.1. The number of amides is 1. The third kappa shape index (κ3) is 4.73. The fraction of sp³-hybridized carbons (Fsp3) is 0.692. The molecule has 116 valence electrons. The maximum Gasteiger partial charge on any atom is 0.235 e. The Kier molecular flexibility index (Phi) is 5.60. The lowest BCUT2D eigenvalue weighted by molar-refractivity contribution is -0.130. The van der Waals surface area contributed by atoms with Crippen molar-refractivity contribution in [3.8, 4) is 0 Å². The van der Waals surface area contributed by atoms with Crippen LogP contribution in [0, 0.1) is 0 Å². The van der Waals surface area contributed by atoms with Gasteiger partial charge < -0.3 is 16.4 Å². The van der Waals surface area contributed by atoms with Crippen molar-refractivity contribution < 1.29 is 4.79 Å². The van der Waals surface area contributed by atoms with Crippen LogP contribution in [0.4, 0.5) is 11.9 Å². The van der Waals surface area contributed by atoms with E-state index in [1.165, 1.54) is 24.6 Å². The second-order valence-corrected chi connectivity index (χ2v) is 6.49. The molecule has 0 radical (unpaired) electrons. The molecule has 0 bridgehead atoms. The van der Waals surface area contributed by atoms with Gasteiger partial charge in [-0.15, -0.1) is 11.8 Å². The lowest BCUT2D eigenvalue weighted by Gasteiger charge is -2.23. The fourth-order valence-electron chi connectivity index (χ4n) is 2.34. The largest absolute Gasteiger partial charge is 0.368 e. The molecule has 0 spiro atoms. The van der Waals surface area contributed by atoms with E-state index in [0.29, 0.717) is 11.6 Å². The van der Waals surface area contributed by atoms with Crippen LogP contribution in [0.2, 0.25) is 0 Å². The van der Waals surface area contributed by atoms with E-state index in [4.69, 9.17) is 11.5 Å². The summed E-state index contributed by atoms with van der Waals surface area (Å²) in [6, 6.07) is 0. The van der Waals surface area contributed by atoms with E-state index in [0.717, 1.165) is 25.9 Å². The number of carbonyl (C=O) groups excluding carboxylic acids is 1. The van der Waals surface area contributed by atoms with E-state index >= 15 is 0 Å². The van der Waals surface area contributed by atoms with Crippen molar-refractivity contribution in [2.24, 2.45) is 0 Å². The molecule has 8 heteroatoms. The quantitative estimate of drug-likeness (QED) is 0.855. The minimum Gasteiger partial charge on any atom is -0.368 e. The summed E-state index contributed by atoms with van der Waals surface area (Å²) in [5.74, 6) is 1.43. The number of aromatic nitrogens is 3. The number of thioether (sulfide) groups is 1. The Bertz CT molecular complexity index is 469. The molecule has 1 atom stereocenters. The summed E-state index contributed by atoms with van der Waals surface area (Å²) in [6.07, 6.45) is 4.64. The Morgan fingerprint density at radius 2 is 1.71 bits per heavy atom. The number of hydrogen-bond donors (Lipinski definition) is 2. The van der Waals surface area contributed by atoms with Gasteiger partial charge in [0.15, 0.2) is 0 Å². The average molecular weight is 310 g/mol. The van der Waals surface area contributed by atoms with E-state index in [-0.39, 0.29) is 23.1 Å². The fourth-order valence-corrected chi connectivity index (χ4v) is 3.16. The zero-order valence-electron chi connectivity index (χ0n) is 12.3. The van der Waals surface area contributed by atoms with Gasteiger partial charge in [0.25, 0.3) is 0 Å². The number of hydrogen-bond acceptors (Lipinski definition) is 7. The van der Waals surface area contributed by atoms with E-state index in [1.54, 1.807) is 0 Å². The third-order valence-electron chi connectivity index (χ3n) is 3.44. The van der Waals surface area contributed by atoms with Crippen molar-refractivity contribution in [1.29, 1.82) is 0 Å². The van der Waals surface area contributed by atoms with Crippen LogP contribution in [0.1, 0.15) is 38.4 Å². The molecule has 0 aromatic carbocycles. The summed E-state index contributed by atoms with van der Waals surface area (Å²) >= 11 is 1.50. The molecule has 1 aromatic heterocycles. The third-order valence-corrected chi connectivity index (χ3v) is 4.57. The summed E-state index contributed by atoms with van der Waals surface area (Å²) in [6.45, 7) is 3.66. The number of carbonyl (C=O) groups is 1. The zero-order chi connectivity index (χ0) is 15.2. The Balaban J connectivity index is 1.88. The van der Waals surface area contributed by atoms with Crippen LogP contribution in [0.5, 0.6) is 0 Å². The van der Waals surface area contributed by atoms with Gasteiger partial charge >= 0.3 is 0 Å². The molecule has 21 heavy (non-hydrogen) atoms. The van der Waals surface area contributed by atoms with Crippen LogP contribution >= 0.6 is 11.8 Å². The molecular formula is C13H22N6OS. The molecule has 1 amide bonds. The monoisotopic (exact) mass is 310 g/mol. The first-order valence-electron chi connectivity index (χ1n) is 7.22. The highest BCUT2D eigenvalue weighted by atomic mass is 32.2. The van der Waals surface area contributed by atoms with E-state index < -0.39 is 0 Å². The van der Waals surface area contributed by atoms with Gasteiger partial charge in [0, 0.05) is 13.1 Å². The Labute approximate surface area is 128 Å². The Morgan fingerprint density at radius 3 is 2.29 bits per heavy atom. The SMILES string of the molecule is CC(SCc1nc(N)nc(N)n1)C(=O)N1CCCCCC1. The van der Waals surface area contributed by atoms with Gasteiger partial charge in [-0.1, -0.05) is 12.8 Å². The molecule has 1 aromatic rings. The smallest absolute Gasteiger partial charge is 0.235 e. The predicted octanol–water partition coefficient (Wildman–Crippen LogP) is 1.06. The van der Waals surface area contributed by atoms with Crippen molar-refractivity contribution in [3.63, 3.8) is 0 Å². The van der Waals surface area contributed by atoms with Gasteiger partial charge in [-0.2, -0.15) is 15.0 Å². The molecular weight excluding hydrogens is 288 g/mol. The molecule has 1 aliphatic rings. The highest BCUT2D eigenvalue weighted by Gasteiger charge is 2.22. The van der Waals surface area contributed by atoms with Gasteiger partial charge in [-0.3, -0.25) is 4.79 Å². The first kappa shape index (κ1) is 15.8. The van der Waals surface area contributed by atoms with Crippen LogP contribution in [-0.2, 0) is 10.5 Å². The van der Waals surface area contributed by atoms with E-state index in [9.17, 15) is 4.79 Å². The highest BCUT2D eigenvalue weighted by molar-refractivity contribution is 7.99. The normalized spacial score (nSPS) is 17.3. The lowest BCUT2D eigenvalue weighted by Crippen LogP contribution is -2.37. The van der Waals surface area contributed by atoms with Crippen LogP contribution < -0.4 is 11.5 Å². The van der Waals surface area contributed by atoms with Crippen LogP contribution in [0.25, 0.3) is 0 Å². The first-order chi connectivity index (χ1) is 10.1. The highest BCUT2D eigenvalue weighted by Crippen LogP contribution is 2.20. The second-order valence-electron chi connectivity index (χ2n) is 5.16. The number of likely N-dealkylation sites (tertiary alicyclic amines) is 1. The Morgan fingerprint density at radius 1 is 1.14 bits per heavy atom. The van der Waals surface area contributed by atoms with Crippen LogP contribution in [-0.4, -0.2) is 44.1 Å². The second kappa shape index (κ2) is 7.44. The predicted molar refractivity (Wildman–Crippen MR) is 84.5 cm³/mol. The first-order valence-corrected chi connectivity index (χ1v) is 8.27. The molecule has 2 heterocycles. The molecule has 1 unspecified atom stereocenters. The molecule has 1 saturated heterocycles. The minimum atomic E-state index is -0.123. The lowest BCUT2D eigenvalue weighted by atomic mass is 10.2. The van der Waals surface area contributed by atoms with Crippen molar-refractivity contribution in [2.75, 3.05) is 24.6 Å². The standard InChI is InChI=1S/C13H22N6OS/c1-9(11(20)19-6-4-2-3-5-7-19)21-8-10-16-12(14)18-13(15)17-10/h9H,2-8H2,1H3,(H4,14,15,16,17,18). The van der Waals surface area contributed by atoms with Crippen molar-refractivity contribution >= 4 is 29.6 Å². The van der Waals surface area contributed by atoms with Crippen LogP contribution in [0.3, 0.4) is 0 Å². The molecule has 0 saturated carbocycles. The van der Waals surface area contributed by atoms with Crippen molar-refractivity contribution in [3.05, 3.63) is 5.82 Å². The summed E-state index contributed by atoms with van der Waals surface area (Å²) < 4.78 is 0. The minimum absolute atomic E-state index is 0.115. The number of rotatable bonds is 4. The van der Waals surface area contributed by atoms with Crippen molar-refractivity contribution in [2.45, 2.75) is 43.6 Å². The molecule has 0 aliphatic carbocycles. The van der Waals surface area contributed by atoms with E-state index in [1.807, 2.05) is 11.8 Å². The number of nitrogens with two attached hydrogens (primary N) is 2. The number of nitrogens with zero attached hydrogens (tertiary/aromatic N) is 4. The summed E-state index contributed by atoms with van der Waals surface area (Å²) in [7, 11) is 0. The van der Waals surface area contributed by atoms with Crippen molar-refractivity contribution in [1.82, 2.24) is 19.9 Å². The maximum atomic E-state index is 12.4. The summed E-state index contributed by atoms with van der Waals surface area (Å²) in [5, 5.41) is -0.123. The molecule has 7 nitrogen and oxygen atoms in total. The number of anilines is 2. The molecule has 2 rings (SSSR count). The molecule has 4 N–H and O–H groups in total. The average Bonchev–Trinajstić information content (AvgIpc) is 2.72. The Hall–Kier alpha value is -1.57. The van der Waals surface area contributed by atoms with Gasteiger partial charge in [0.05, 0.1) is 11.0 Å². The number of nitrogen functional groups attached to an aromatic ring is 2. The van der Waals surface area contributed by atoms with Gasteiger partial charge in [-0.25, -0.2) is 0 Å². The van der Waals surface area contributed by atoms with Crippen LogP contribution in [0.15, 0.2) is 0 Å². The summed E-state index contributed by atoms with van der Waals surface area (Å²) in [4.78, 5) is 26.2. The summed E-state index contributed by atoms with van der Waals surface area (Å²) in [5.41, 5.74) is 11.1. The van der Waals surface area contributed by atoms with Gasteiger partial charge in [-0.05, 0) is 19.8 Å². The maximum absolute atomic E-state index is 12.4. The van der Waals surface area contributed by atoms with Gasteiger partial charge in [0.1, 0.15) is 5.82 Å². The molecule has 1 fully saturated rings.